The van der Waals surface area contributed by atoms with Crippen LogP contribution in [0.25, 0.3) is 11.5 Å². The van der Waals surface area contributed by atoms with Gasteiger partial charge in [0, 0.05) is 12.1 Å². The van der Waals surface area contributed by atoms with Gasteiger partial charge in [-0.25, -0.2) is 4.79 Å². The zero-order valence-electron chi connectivity index (χ0n) is 16.6. The Morgan fingerprint density at radius 1 is 1.18 bits per heavy atom. The van der Waals surface area contributed by atoms with E-state index in [4.69, 9.17) is 18.6 Å². The summed E-state index contributed by atoms with van der Waals surface area (Å²) in [5.41, 5.74) is 0.123. The Hall–Kier alpha value is -3.10. The second-order valence-corrected chi connectivity index (χ2v) is 6.98. The van der Waals surface area contributed by atoms with E-state index in [1.54, 1.807) is 59.1 Å². The summed E-state index contributed by atoms with van der Waals surface area (Å²) in [5.74, 6) is 0.699. The summed E-state index contributed by atoms with van der Waals surface area (Å²) in [6.45, 7) is 7.00. The van der Waals surface area contributed by atoms with E-state index in [1.807, 2.05) is 0 Å². The van der Waals surface area contributed by atoms with Crippen molar-refractivity contribution in [1.29, 1.82) is 0 Å². The number of rotatable bonds is 7. The fraction of sp³-hybridized carbons (Fsp3) is 0.474. The molecule has 2 aromatic rings. The number of amides is 1. The SMILES string of the molecule is COc1ccc(-c2nnc([C@@H](C)OC(=O)CCNC(=O)OC(C)(C)C)o2)cc1. The van der Waals surface area contributed by atoms with E-state index in [0.717, 1.165) is 5.56 Å². The lowest BCUT2D eigenvalue weighted by Gasteiger charge is -2.19. The smallest absolute Gasteiger partial charge is 0.407 e. The molecule has 0 aliphatic rings. The van der Waals surface area contributed by atoms with Gasteiger partial charge in [-0.2, -0.15) is 0 Å². The quantitative estimate of drug-likeness (QED) is 0.716. The first-order valence-electron chi connectivity index (χ1n) is 8.82. The molecule has 0 aliphatic heterocycles. The minimum Gasteiger partial charge on any atom is -0.497 e. The highest BCUT2D eigenvalue weighted by Gasteiger charge is 2.20. The molecule has 1 atom stereocenters. The Kier molecular flexibility index (Phi) is 6.97. The number of benzene rings is 1. The Balaban J connectivity index is 1.82. The van der Waals surface area contributed by atoms with Crippen molar-refractivity contribution in [2.24, 2.45) is 0 Å². The summed E-state index contributed by atoms with van der Waals surface area (Å²) >= 11 is 0. The van der Waals surface area contributed by atoms with Crippen LogP contribution in [0.2, 0.25) is 0 Å². The minimum absolute atomic E-state index is 0.0109. The predicted molar refractivity (Wildman–Crippen MR) is 99.6 cm³/mol. The van der Waals surface area contributed by atoms with Crippen molar-refractivity contribution in [2.45, 2.75) is 45.8 Å². The monoisotopic (exact) mass is 391 g/mol. The maximum atomic E-state index is 11.9. The van der Waals surface area contributed by atoms with Crippen LogP contribution in [0.1, 0.15) is 46.1 Å². The lowest BCUT2D eigenvalue weighted by molar-refractivity contribution is -0.149. The highest BCUT2D eigenvalue weighted by Crippen LogP contribution is 2.24. The number of carbonyl (C=O) groups excluding carboxylic acids is 2. The molecule has 0 saturated carbocycles. The Morgan fingerprint density at radius 3 is 2.46 bits per heavy atom. The molecule has 1 N–H and O–H groups in total. The molecule has 0 aliphatic carbocycles. The van der Waals surface area contributed by atoms with Crippen molar-refractivity contribution < 1.29 is 28.2 Å². The number of methoxy groups -OCH3 is 1. The molecule has 1 amide bonds. The van der Waals surface area contributed by atoms with Gasteiger partial charge in [-0.05, 0) is 52.0 Å². The number of hydrogen-bond donors (Lipinski definition) is 1. The molecule has 9 heteroatoms. The van der Waals surface area contributed by atoms with Crippen LogP contribution in [0.4, 0.5) is 4.79 Å². The van der Waals surface area contributed by atoms with E-state index >= 15 is 0 Å². The second-order valence-electron chi connectivity index (χ2n) is 6.98. The van der Waals surface area contributed by atoms with Gasteiger partial charge in [0.2, 0.25) is 5.89 Å². The van der Waals surface area contributed by atoms with E-state index in [0.29, 0.717) is 11.6 Å². The third-order valence-electron chi connectivity index (χ3n) is 3.43. The molecule has 1 heterocycles. The zero-order valence-corrected chi connectivity index (χ0v) is 16.6. The number of esters is 1. The van der Waals surface area contributed by atoms with Crippen LogP contribution in [0.5, 0.6) is 5.75 Å². The summed E-state index contributed by atoms with van der Waals surface area (Å²) in [7, 11) is 1.58. The molecule has 152 valence electrons. The lowest BCUT2D eigenvalue weighted by atomic mass is 10.2. The first kappa shape index (κ1) is 21.2. The summed E-state index contributed by atoms with van der Waals surface area (Å²) in [5, 5.41) is 10.4. The molecule has 0 fully saturated rings. The van der Waals surface area contributed by atoms with Gasteiger partial charge in [0.05, 0.1) is 13.5 Å². The van der Waals surface area contributed by atoms with Gasteiger partial charge in [0.15, 0.2) is 6.10 Å². The fourth-order valence-electron chi connectivity index (χ4n) is 2.14. The number of alkyl carbamates (subject to hydrolysis) is 1. The molecule has 0 bridgehead atoms. The first-order valence-corrected chi connectivity index (χ1v) is 8.82. The maximum Gasteiger partial charge on any atom is 0.407 e. The Bertz CT molecular complexity index is 795. The number of nitrogens with one attached hydrogen (secondary N) is 1. The van der Waals surface area contributed by atoms with Crippen molar-refractivity contribution in [2.75, 3.05) is 13.7 Å². The van der Waals surface area contributed by atoms with E-state index < -0.39 is 23.8 Å². The van der Waals surface area contributed by atoms with Gasteiger partial charge < -0.3 is 23.9 Å². The lowest BCUT2D eigenvalue weighted by Crippen LogP contribution is -2.33. The highest BCUT2D eigenvalue weighted by molar-refractivity contribution is 5.72. The second kappa shape index (κ2) is 9.20. The predicted octanol–water partition coefficient (Wildman–Crippen LogP) is 3.26. The van der Waals surface area contributed by atoms with E-state index in [9.17, 15) is 9.59 Å². The molecular formula is C19H25N3O6. The Morgan fingerprint density at radius 2 is 1.86 bits per heavy atom. The third kappa shape index (κ3) is 6.57. The summed E-state index contributed by atoms with van der Waals surface area (Å²) in [6, 6.07) is 7.13. The van der Waals surface area contributed by atoms with Crippen molar-refractivity contribution in [3.05, 3.63) is 30.2 Å². The number of aromatic nitrogens is 2. The van der Waals surface area contributed by atoms with Crippen LogP contribution in [-0.4, -0.2) is 41.5 Å². The van der Waals surface area contributed by atoms with Gasteiger partial charge in [-0.1, -0.05) is 0 Å². The molecule has 0 spiro atoms. The number of hydrogen-bond acceptors (Lipinski definition) is 8. The zero-order chi connectivity index (χ0) is 20.7. The maximum absolute atomic E-state index is 11.9. The molecule has 0 unspecified atom stereocenters. The Labute approximate surface area is 163 Å². The van der Waals surface area contributed by atoms with Crippen LogP contribution < -0.4 is 10.1 Å². The van der Waals surface area contributed by atoms with Crippen LogP contribution in [0.15, 0.2) is 28.7 Å². The molecule has 1 aromatic heterocycles. The standard InChI is InChI=1S/C19H25N3O6/c1-12(26-15(23)10-11-20-18(24)28-19(2,3)4)16-21-22-17(27-16)13-6-8-14(25-5)9-7-13/h6-9,12H,10-11H2,1-5H3,(H,20,24)/t12-/m1/s1. The largest absolute Gasteiger partial charge is 0.497 e. The van der Waals surface area contributed by atoms with Gasteiger partial charge in [0.1, 0.15) is 11.4 Å². The van der Waals surface area contributed by atoms with E-state index in [-0.39, 0.29) is 18.9 Å². The average molecular weight is 391 g/mol. The van der Waals surface area contributed by atoms with Crippen LogP contribution in [0.3, 0.4) is 0 Å². The summed E-state index contributed by atoms with van der Waals surface area (Å²) < 4.78 is 21.0. The topological polar surface area (TPSA) is 113 Å². The molecule has 2 rings (SSSR count). The van der Waals surface area contributed by atoms with Crippen LogP contribution in [0, 0.1) is 0 Å². The summed E-state index contributed by atoms with van der Waals surface area (Å²) in [6.07, 6.45) is -1.31. The first-order chi connectivity index (χ1) is 13.2. The number of ether oxygens (including phenoxy) is 3. The summed E-state index contributed by atoms with van der Waals surface area (Å²) in [4.78, 5) is 23.5. The molecule has 0 radical (unpaired) electrons. The average Bonchev–Trinajstić information content (AvgIpc) is 3.10. The van der Waals surface area contributed by atoms with Gasteiger partial charge in [0.25, 0.3) is 5.89 Å². The van der Waals surface area contributed by atoms with Gasteiger partial charge in [-0.15, -0.1) is 10.2 Å². The fourth-order valence-corrected chi connectivity index (χ4v) is 2.14. The van der Waals surface area contributed by atoms with E-state index in [2.05, 4.69) is 15.5 Å². The minimum atomic E-state index is -0.714. The van der Waals surface area contributed by atoms with Crippen molar-refractivity contribution in [3.63, 3.8) is 0 Å². The van der Waals surface area contributed by atoms with E-state index in [1.165, 1.54) is 0 Å². The van der Waals surface area contributed by atoms with Gasteiger partial charge >= 0.3 is 12.1 Å². The molecule has 28 heavy (non-hydrogen) atoms. The normalized spacial score (nSPS) is 12.2. The molecular weight excluding hydrogens is 366 g/mol. The van der Waals surface area contributed by atoms with Crippen molar-refractivity contribution in [1.82, 2.24) is 15.5 Å². The number of carbonyl (C=O) groups is 2. The number of nitrogens with zero attached hydrogens (tertiary/aromatic N) is 2. The van der Waals surface area contributed by atoms with Crippen LogP contribution >= 0.6 is 0 Å². The molecule has 9 nitrogen and oxygen atoms in total. The van der Waals surface area contributed by atoms with Crippen molar-refractivity contribution in [3.8, 4) is 17.2 Å². The molecule has 0 saturated heterocycles. The van der Waals surface area contributed by atoms with Crippen molar-refractivity contribution >= 4 is 12.1 Å². The third-order valence-corrected chi connectivity index (χ3v) is 3.43. The molecule has 1 aromatic carbocycles. The highest BCUT2D eigenvalue weighted by atomic mass is 16.6. The van der Waals surface area contributed by atoms with Crippen LogP contribution in [-0.2, 0) is 14.3 Å². The van der Waals surface area contributed by atoms with Gasteiger partial charge in [-0.3, -0.25) is 4.79 Å².